The van der Waals surface area contributed by atoms with Crippen LogP contribution >= 0.6 is 8.81 Å². The molecule has 0 aromatic heterocycles. The third-order valence-electron chi connectivity index (χ3n) is 3.59. The quantitative estimate of drug-likeness (QED) is 0.364. The Morgan fingerprint density at radius 3 is 2.44 bits per heavy atom. The summed E-state index contributed by atoms with van der Waals surface area (Å²) < 4.78 is 35.0. The van der Waals surface area contributed by atoms with Crippen LogP contribution < -0.4 is 9.26 Å². The standard InChI is InChI=1S/C16H17O10P/c1-20-13-4-9(14(17)21-5-10-6-22-15(18)24-10)2-3-12(13)26-27-8-11-7-23-16(19)25-11/h2-4,10-11,27H,5-8H2,1H3. The van der Waals surface area contributed by atoms with E-state index >= 15 is 0 Å². The molecule has 0 N–H and O–H groups in total. The molecule has 3 atom stereocenters. The fraction of sp³-hybridized carbons (Fsp3) is 0.438. The molecule has 3 unspecified atom stereocenters. The van der Waals surface area contributed by atoms with Crippen molar-refractivity contribution < 1.29 is 47.3 Å². The van der Waals surface area contributed by atoms with Crippen molar-refractivity contribution in [3.05, 3.63) is 23.8 Å². The van der Waals surface area contributed by atoms with E-state index in [2.05, 4.69) is 4.74 Å². The average Bonchev–Trinajstić information content (AvgIpc) is 3.27. The zero-order valence-electron chi connectivity index (χ0n) is 14.3. The molecule has 0 bridgehead atoms. The normalized spacial score (nSPS) is 21.4. The molecule has 2 saturated heterocycles. The maximum Gasteiger partial charge on any atom is 0.508 e. The van der Waals surface area contributed by atoms with Crippen LogP contribution in [-0.2, 0) is 23.7 Å². The largest absolute Gasteiger partial charge is 0.508 e. The first-order valence-corrected chi connectivity index (χ1v) is 9.08. The van der Waals surface area contributed by atoms with Gasteiger partial charge in [-0.1, -0.05) is 0 Å². The lowest BCUT2D eigenvalue weighted by Crippen LogP contribution is -2.20. The molecule has 2 fully saturated rings. The smallest absolute Gasteiger partial charge is 0.493 e. The van der Waals surface area contributed by atoms with Crippen LogP contribution in [0.4, 0.5) is 9.59 Å². The fourth-order valence-corrected chi connectivity index (χ4v) is 3.05. The van der Waals surface area contributed by atoms with Crippen LogP contribution in [0.25, 0.3) is 0 Å². The Morgan fingerprint density at radius 1 is 1.11 bits per heavy atom. The molecule has 0 spiro atoms. The lowest BCUT2D eigenvalue weighted by atomic mass is 10.2. The Bertz CT molecular complexity index is 721. The molecule has 2 aliphatic heterocycles. The first kappa shape index (κ1) is 19.0. The molecule has 2 heterocycles. The molecule has 10 nitrogen and oxygen atoms in total. The molecule has 3 rings (SSSR count). The first-order chi connectivity index (χ1) is 13.0. The summed E-state index contributed by atoms with van der Waals surface area (Å²) in [6, 6.07) is 4.59. The van der Waals surface area contributed by atoms with Gasteiger partial charge in [0.25, 0.3) is 0 Å². The van der Waals surface area contributed by atoms with Gasteiger partial charge >= 0.3 is 18.3 Å². The van der Waals surface area contributed by atoms with Crippen LogP contribution in [0.3, 0.4) is 0 Å². The molecule has 1 aromatic rings. The third kappa shape index (κ3) is 5.13. The van der Waals surface area contributed by atoms with E-state index < -0.39 is 24.4 Å². The maximum absolute atomic E-state index is 12.1. The number of methoxy groups -OCH3 is 1. The molecule has 0 aliphatic carbocycles. The number of rotatable bonds is 8. The predicted molar refractivity (Wildman–Crippen MR) is 89.5 cm³/mol. The molecular weight excluding hydrogens is 383 g/mol. The van der Waals surface area contributed by atoms with Gasteiger partial charge in [-0.15, -0.1) is 0 Å². The van der Waals surface area contributed by atoms with Gasteiger partial charge in [0.2, 0.25) is 0 Å². The van der Waals surface area contributed by atoms with E-state index in [4.69, 9.17) is 28.2 Å². The lowest BCUT2D eigenvalue weighted by Gasteiger charge is -2.13. The number of esters is 1. The van der Waals surface area contributed by atoms with Crippen LogP contribution in [0, 0.1) is 0 Å². The summed E-state index contributed by atoms with van der Waals surface area (Å²) in [5.74, 6) is 0.197. The minimum atomic E-state index is -0.779. The van der Waals surface area contributed by atoms with Gasteiger partial charge in [0, 0.05) is 6.16 Å². The minimum absolute atomic E-state index is 0.00945. The highest BCUT2D eigenvalue weighted by molar-refractivity contribution is 7.32. The lowest BCUT2D eigenvalue weighted by molar-refractivity contribution is 0.0300. The zero-order chi connectivity index (χ0) is 19.2. The molecule has 11 heteroatoms. The maximum atomic E-state index is 12.1. The minimum Gasteiger partial charge on any atom is -0.493 e. The van der Waals surface area contributed by atoms with Crippen molar-refractivity contribution in [2.24, 2.45) is 0 Å². The van der Waals surface area contributed by atoms with Crippen LogP contribution in [0.5, 0.6) is 11.5 Å². The van der Waals surface area contributed by atoms with Gasteiger partial charge in [-0.05, 0) is 18.2 Å². The summed E-state index contributed by atoms with van der Waals surface area (Å²) in [6.45, 7) is 0.150. The number of cyclic esters (lactones) is 4. The Hall–Kier alpha value is -2.74. The van der Waals surface area contributed by atoms with Crippen LogP contribution in [0.1, 0.15) is 10.4 Å². The number of hydrogen-bond acceptors (Lipinski definition) is 10. The van der Waals surface area contributed by atoms with Crippen molar-refractivity contribution in [3.63, 3.8) is 0 Å². The van der Waals surface area contributed by atoms with Crippen molar-refractivity contribution in [1.29, 1.82) is 0 Å². The van der Waals surface area contributed by atoms with Gasteiger partial charge in [-0.25, -0.2) is 14.4 Å². The second-order valence-electron chi connectivity index (χ2n) is 5.52. The van der Waals surface area contributed by atoms with E-state index in [0.717, 1.165) is 0 Å². The van der Waals surface area contributed by atoms with Gasteiger partial charge in [0.05, 0.1) is 21.5 Å². The number of benzene rings is 1. The third-order valence-corrected chi connectivity index (χ3v) is 4.58. The number of ether oxygens (including phenoxy) is 6. The van der Waals surface area contributed by atoms with Crippen molar-refractivity contribution in [3.8, 4) is 11.5 Å². The van der Waals surface area contributed by atoms with Crippen LogP contribution in [-0.4, -0.2) is 63.6 Å². The summed E-state index contributed by atoms with van der Waals surface area (Å²) in [4.78, 5) is 33.8. The molecule has 0 saturated carbocycles. The highest BCUT2D eigenvalue weighted by Gasteiger charge is 2.27. The summed E-state index contributed by atoms with van der Waals surface area (Å²) in [5, 5.41) is 0. The van der Waals surface area contributed by atoms with Gasteiger partial charge in [0.1, 0.15) is 25.9 Å². The summed E-state index contributed by atoms with van der Waals surface area (Å²) >= 11 is 0. The fourth-order valence-electron chi connectivity index (χ4n) is 2.26. The molecule has 27 heavy (non-hydrogen) atoms. The number of carbonyl (C=O) groups is 3. The van der Waals surface area contributed by atoms with Crippen molar-refractivity contribution in [2.45, 2.75) is 12.2 Å². The van der Waals surface area contributed by atoms with E-state index in [1.54, 1.807) is 6.07 Å². The second kappa shape index (κ2) is 8.77. The van der Waals surface area contributed by atoms with E-state index in [9.17, 15) is 14.4 Å². The van der Waals surface area contributed by atoms with E-state index in [-0.39, 0.29) is 40.3 Å². The molecule has 2 aliphatic rings. The van der Waals surface area contributed by atoms with Gasteiger partial charge in [0.15, 0.2) is 17.6 Å². The summed E-state index contributed by atoms with van der Waals surface area (Å²) in [7, 11) is 1.46. The topological polar surface area (TPSA) is 116 Å². The summed E-state index contributed by atoms with van der Waals surface area (Å²) in [6.07, 6.45) is -1.91. The Kier molecular flexibility index (Phi) is 6.18. The average molecular weight is 400 g/mol. The summed E-state index contributed by atoms with van der Waals surface area (Å²) in [5.41, 5.74) is 0.255. The zero-order valence-corrected chi connectivity index (χ0v) is 15.3. The second-order valence-corrected chi connectivity index (χ2v) is 6.42. The Labute approximate surface area is 155 Å². The Balaban J connectivity index is 1.51. The van der Waals surface area contributed by atoms with Crippen molar-refractivity contribution in [1.82, 2.24) is 0 Å². The predicted octanol–water partition coefficient (Wildman–Crippen LogP) is 1.90. The van der Waals surface area contributed by atoms with Gasteiger partial charge in [-0.3, -0.25) is 0 Å². The van der Waals surface area contributed by atoms with E-state index in [0.29, 0.717) is 17.7 Å². The van der Waals surface area contributed by atoms with E-state index in [1.165, 1.54) is 19.2 Å². The van der Waals surface area contributed by atoms with Crippen LogP contribution in [0.2, 0.25) is 0 Å². The highest BCUT2D eigenvalue weighted by atomic mass is 31.1. The molecule has 1 aromatic carbocycles. The van der Waals surface area contributed by atoms with Gasteiger partial charge < -0.3 is 32.9 Å². The molecule has 0 radical (unpaired) electrons. The van der Waals surface area contributed by atoms with Gasteiger partial charge in [-0.2, -0.15) is 0 Å². The number of hydrogen-bond donors (Lipinski definition) is 0. The molecular formula is C16H17O10P. The number of carbonyl (C=O) groups excluding carboxylic acids is 3. The SMILES string of the molecule is COc1cc(C(=O)OCC2COC(=O)O2)ccc1OPCC1COC(=O)O1. The van der Waals surface area contributed by atoms with Crippen molar-refractivity contribution >= 4 is 27.1 Å². The monoisotopic (exact) mass is 400 g/mol. The highest BCUT2D eigenvalue weighted by Crippen LogP contribution is 2.33. The Morgan fingerprint density at radius 2 is 1.81 bits per heavy atom. The van der Waals surface area contributed by atoms with Crippen LogP contribution in [0.15, 0.2) is 18.2 Å². The molecule has 0 amide bonds. The molecule has 146 valence electrons. The van der Waals surface area contributed by atoms with Crippen molar-refractivity contribution in [2.75, 3.05) is 33.1 Å². The first-order valence-electron chi connectivity index (χ1n) is 7.97. The van der Waals surface area contributed by atoms with E-state index in [1.807, 2.05) is 0 Å².